The Morgan fingerprint density at radius 1 is 1.03 bits per heavy atom. The van der Waals surface area contributed by atoms with Gasteiger partial charge < -0.3 is 15.3 Å². The molecular weight excluding hydrogens is 386 g/mol. The van der Waals surface area contributed by atoms with Gasteiger partial charge in [-0.05, 0) is 61.9 Å². The summed E-state index contributed by atoms with van der Waals surface area (Å²) in [5.41, 5.74) is 3.27. The van der Waals surface area contributed by atoms with Gasteiger partial charge in [-0.2, -0.15) is 13.2 Å². The van der Waals surface area contributed by atoms with Crippen molar-refractivity contribution >= 4 is 17.1 Å². The Bertz CT molecular complexity index is 877. The number of hydrogen-bond acceptors (Lipinski definition) is 4. The maximum Gasteiger partial charge on any atom is 0.391 e. The van der Waals surface area contributed by atoms with E-state index in [4.69, 9.17) is 0 Å². The van der Waals surface area contributed by atoms with Crippen molar-refractivity contribution in [2.24, 2.45) is 5.92 Å². The molecule has 1 unspecified atom stereocenters. The Labute approximate surface area is 166 Å². The van der Waals surface area contributed by atoms with Crippen molar-refractivity contribution in [1.29, 1.82) is 0 Å². The molecule has 1 saturated heterocycles. The summed E-state index contributed by atoms with van der Waals surface area (Å²) in [4.78, 5) is 3.62. The molecule has 2 heterocycles. The van der Waals surface area contributed by atoms with Gasteiger partial charge in [-0.1, -0.05) is 0 Å². The molecule has 2 aliphatic rings. The van der Waals surface area contributed by atoms with Crippen molar-refractivity contribution in [2.75, 3.05) is 30.4 Å². The molecule has 4 rings (SSSR count). The predicted octanol–water partition coefficient (Wildman–Crippen LogP) is 4.78. The Kier molecular flexibility index (Phi) is 5.16. The maximum absolute atomic E-state index is 14.4. The highest BCUT2D eigenvalue weighted by Crippen LogP contribution is 2.37. The highest BCUT2D eigenvalue weighted by atomic mass is 19.4. The van der Waals surface area contributed by atoms with Crippen LogP contribution in [0, 0.1) is 11.7 Å². The largest absolute Gasteiger partial charge is 0.391 e. The van der Waals surface area contributed by atoms with E-state index in [1.807, 2.05) is 35.2 Å². The van der Waals surface area contributed by atoms with E-state index in [-0.39, 0.29) is 12.8 Å². The molecule has 1 fully saturated rings. The second-order valence-electron chi connectivity index (χ2n) is 7.79. The second kappa shape index (κ2) is 7.50. The number of nitrogens with one attached hydrogen (secondary N) is 1. The number of hydrogen-bond donors (Lipinski definition) is 2. The summed E-state index contributed by atoms with van der Waals surface area (Å²) in [6.45, 7) is 1.22. The molecule has 4 nitrogen and oxygen atoms in total. The smallest absolute Gasteiger partial charge is 0.374 e. The van der Waals surface area contributed by atoms with E-state index in [9.17, 15) is 22.7 Å². The molecule has 0 bridgehead atoms. The van der Waals surface area contributed by atoms with Crippen LogP contribution in [-0.2, 0) is 6.54 Å². The molecule has 1 atom stereocenters. The van der Waals surface area contributed by atoms with Gasteiger partial charge in [0.05, 0.1) is 5.92 Å². The zero-order chi connectivity index (χ0) is 20.8. The minimum atomic E-state index is -4.12. The molecule has 8 heteroatoms. The molecule has 2 aromatic carbocycles. The lowest BCUT2D eigenvalue weighted by Gasteiger charge is -2.34. The number of aliphatic hydroxyl groups is 1. The van der Waals surface area contributed by atoms with Crippen LogP contribution < -0.4 is 10.2 Å². The van der Waals surface area contributed by atoms with Gasteiger partial charge in [0.1, 0.15) is 12.0 Å². The van der Waals surface area contributed by atoms with E-state index < -0.39 is 24.1 Å². The van der Waals surface area contributed by atoms with Gasteiger partial charge in [-0.15, -0.1) is 0 Å². The van der Waals surface area contributed by atoms with Crippen molar-refractivity contribution in [3.8, 4) is 0 Å². The molecule has 2 aliphatic heterocycles. The number of aliphatic hydroxyl groups excluding tert-OH is 1. The SMILES string of the molecule is CN1Cc2cc(Nc3ccc(N4CCC(C(F)(F)F)CC4)cc3)cc(F)c2C1O. The minimum absolute atomic E-state index is 0.109. The fourth-order valence-electron chi connectivity index (χ4n) is 4.13. The minimum Gasteiger partial charge on any atom is -0.374 e. The Morgan fingerprint density at radius 2 is 1.69 bits per heavy atom. The molecule has 0 radical (unpaired) electrons. The van der Waals surface area contributed by atoms with Crippen LogP contribution in [0.2, 0.25) is 0 Å². The average Bonchev–Trinajstić information content (AvgIpc) is 2.96. The van der Waals surface area contributed by atoms with Gasteiger partial charge in [-0.25, -0.2) is 4.39 Å². The van der Waals surface area contributed by atoms with Gasteiger partial charge in [0.2, 0.25) is 0 Å². The molecule has 0 aromatic heterocycles. The molecule has 0 aliphatic carbocycles. The molecular formula is C21H23F4N3O. The summed E-state index contributed by atoms with van der Waals surface area (Å²) >= 11 is 0. The molecule has 156 valence electrons. The number of rotatable bonds is 3. The fraction of sp³-hybridized carbons (Fsp3) is 0.429. The number of fused-ring (bicyclic) bond motifs is 1. The molecule has 29 heavy (non-hydrogen) atoms. The van der Waals surface area contributed by atoms with Crippen molar-refractivity contribution < 1.29 is 22.7 Å². The van der Waals surface area contributed by atoms with Gasteiger partial charge in [0.25, 0.3) is 0 Å². The topological polar surface area (TPSA) is 38.7 Å². The number of alkyl halides is 3. The first kappa shape index (κ1) is 20.0. The first-order valence-electron chi connectivity index (χ1n) is 9.62. The van der Waals surface area contributed by atoms with E-state index in [0.717, 1.165) is 16.9 Å². The van der Waals surface area contributed by atoms with Crippen LogP contribution in [-0.4, -0.2) is 36.3 Å². The zero-order valence-electron chi connectivity index (χ0n) is 16.0. The summed E-state index contributed by atoms with van der Waals surface area (Å²) < 4.78 is 52.8. The van der Waals surface area contributed by atoms with Gasteiger partial charge in [-0.3, -0.25) is 4.90 Å². The first-order valence-corrected chi connectivity index (χ1v) is 9.62. The van der Waals surface area contributed by atoms with Crippen LogP contribution in [0.5, 0.6) is 0 Å². The number of benzene rings is 2. The normalized spacial score (nSPS) is 20.8. The number of halogens is 4. The Balaban J connectivity index is 1.42. The van der Waals surface area contributed by atoms with Crippen molar-refractivity contribution in [3.05, 3.63) is 53.3 Å². The molecule has 0 spiro atoms. The monoisotopic (exact) mass is 409 g/mol. The van der Waals surface area contributed by atoms with E-state index in [2.05, 4.69) is 5.32 Å². The molecule has 0 amide bonds. The third-order valence-corrected chi connectivity index (χ3v) is 5.79. The van der Waals surface area contributed by atoms with Crippen LogP contribution in [0.1, 0.15) is 30.2 Å². The lowest BCUT2D eigenvalue weighted by molar-refractivity contribution is -0.179. The van der Waals surface area contributed by atoms with Crippen LogP contribution in [0.15, 0.2) is 36.4 Å². The fourth-order valence-corrected chi connectivity index (χ4v) is 4.13. The molecule has 0 saturated carbocycles. The lowest BCUT2D eigenvalue weighted by Crippen LogP contribution is -2.38. The second-order valence-corrected chi connectivity index (χ2v) is 7.79. The van der Waals surface area contributed by atoms with Crippen LogP contribution in [0.3, 0.4) is 0 Å². The third-order valence-electron chi connectivity index (χ3n) is 5.79. The van der Waals surface area contributed by atoms with Crippen molar-refractivity contribution in [3.63, 3.8) is 0 Å². The summed E-state index contributed by atoms with van der Waals surface area (Å²) in [6, 6.07) is 10.6. The van der Waals surface area contributed by atoms with Crippen LogP contribution >= 0.6 is 0 Å². The summed E-state index contributed by atoms with van der Waals surface area (Å²) in [5.74, 6) is -1.67. The van der Waals surface area contributed by atoms with Crippen LogP contribution in [0.4, 0.5) is 34.6 Å². The molecule has 2 aromatic rings. The lowest BCUT2D eigenvalue weighted by atomic mass is 9.96. The Morgan fingerprint density at radius 3 is 2.31 bits per heavy atom. The third kappa shape index (κ3) is 4.04. The summed E-state index contributed by atoms with van der Waals surface area (Å²) in [6.07, 6.45) is -4.83. The first-order chi connectivity index (χ1) is 13.7. The highest BCUT2D eigenvalue weighted by Gasteiger charge is 2.41. The number of piperidine rings is 1. The Hall–Kier alpha value is -2.32. The highest BCUT2D eigenvalue weighted by molar-refractivity contribution is 5.64. The predicted molar refractivity (Wildman–Crippen MR) is 104 cm³/mol. The van der Waals surface area contributed by atoms with Gasteiger partial charge >= 0.3 is 6.18 Å². The van der Waals surface area contributed by atoms with E-state index >= 15 is 0 Å². The molecule has 2 N–H and O–H groups in total. The summed E-state index contributed by atoms with van der Waals surface area (Å²) in [7, 11) is 1.73. The van der Waals surface area contributed by atoms with Gasteiger partial charge in [0.15, 0.2) is 0 Å². The van der Waals surface area contributed by atoms with Gasteiger partial charge in [0, 0.05) is 42.3 Å². The van der Waals surface area contributed by atoms with E-state index in [1.54, 1.807) is 11.9 Å². The zero-order valence-corrected chi connectivity index (χ0v) is 16.0. The number of anilines is 3. The maximum atomic E-state index is 14.4. The van der Waals surface area contributed by atoms with E-state index in [1.165, 1.54) is 6.07 Å². The summed E-state index contributed by atoms with van der Waals surface area (Å²) in [5, 5.41) is 13.2. The van der Waals surface area contributed by atoms with Crippen molar-refractivity contribution in [2.45, 2.75) is 31.8 Å². The van der Waals surface area contributed by atoms with E-state index in [0.29, 0.717) is 30.9 Å². The quantitative estimate of drug-likeness (QED) is 0.716. The number of nitrogens with zero attached hydrogens (tertiary/aromatic N) is 2. The standard InChI is InChI=1S/C21H23F4N3O/c1-27-12-13-10-16(11-18(22)19(13)20(27)29)26-15-2-4-17(5-3-15)28-8-6-14(7-9-28)21(23,24)25/h2-5,10-11,14,20,26,29H,6-9,12H2,1H3. The average molecular weight is 409 g/mol. The van der Waals surface area contributed by atoms with Crippen LogP contribution in [0.25, 0.3) is 0 Å². The van der Waals surface area contributed by atoms with Crippen molar-refractivity contribution in [1.82, 2.24) is 4.90 Å².